The van der Waals surface area contributed by atoms with E-state index in [0.29, 0.717) is 24.8 Å². The molecule has 4 rings (SSSR count). The first-order valence-electron chi connectivity index (χ1n) is 11.9. The van der Waals surface area contributed by atoms with Crippen molar-refractivity contribution in [1.29, 1.82) is 0 Å². The summed E-state index contributed by atoms with van der Waals surface area (Å²) in [5.74, 6) is 1.04. The van der Waals surface area contributed by atoms with Crippen LogP contribution in [0.4, 0.5) is 11.4 Å². The predicted molar refractivity (Wildman–Crippen MR) is 136 cm³/mol. The van der Waals surface area contributed by atoms with Crippen LogP contribution in [-0.4, -0.2) is 48.7 Å². The maximum atomic E-state index is 12.2. The Bertz CT molecular complexity index is 1050. The average Bonchev–Trinajstić information content (AvgIpc) is 2.85. The molecular formula is C28H33N3O3. The van der Waals surface area contributed by atoms with Crippen molar-refractivity contribution in [2.45, 2.75) is 31.8 Å². The molecule has 0 spiro atoms. The van der Waals surface area contributed by atoms with Crippen LogP contribution < -0.4 is 15.0 Å². The van der Waals surface area contributed by atoms with E-state index < -0.39 is 0 Å². The molecule has 6 nitrogen and oxygen atoms in total. The molecule has 0 aliphatic carbocycles. The van der Waals surface area contributed by atoms with Gasteiger partial charge in [0, 0.05) is 44.1 Å². The topological polar surface area (TPSA) is 65.0 Å². The van der Waals surface area contributed by atoms with Crippen molar-refractivity contribution in [1.82, 2.24) is 4.90 Å². The van der Waals surface area contributed by atoms with Gasteiger partial charge in [0.25, 0.3) is 0 Å². The molecule has 0 radical (unpaired) electrons. The first kappa shape index (κ1) is 23.6. The molecule has 0 bridgehead atoms. The first-order chi connectivity index (χ1) is 16.6. The molecule has 0 aromatic heterocycles. The third-order valence-electron chi connectivity index (χ3n) is 6.32. The highest BCUT2D eigenvalue weighted by Gasteiger charge is 2.23. The molecule has 1 saturated heterocycles. The van der Waals surface area contributed by atoms with Gasteiger partial charge >= 0.3 is 0 Å². The zero-order chi connectivity index (χ0) is 23.8. The number of benzene rings is 3. The Morgan fingerprint density at radius 1 is 1.03 bits per heavy atom. The van der Waals surface area contributed by atoms with Crippen molar-refractivity contribution in [3.05, 3.63) is 84.4 Å². The Kier molecular flexibility index (Phi) is 8.04. The minimum atomic E-state index is -0.0591. The third-order valence-corrected chi connectivity index (χ3v) is 6.32. The number of aromatic hydroxyl groups is 1. The van der Waals surface area contributed by atoms with E-state index >= 15 is 0 Å². The number of anilines is 2. The summed E-state index contributed by atoms with van der Waals surface area (Å²) in [5.41, 5.74) is 3.09. The van der Waals surface area contributed by atoms with Crippen molar-refractivity contribution in [3.63, 3.8) is 0 Å². The zero-order valence-electron chi connectivity index (χ0n) is 19.7. The number of ether oxygens (including phenoxy) is 1. The Morgan fingerprint density at radius 2 is 1.76 bits per heavy atom. The highest BCUT2D eigenvalue weighted by atomic mass is 16.5. The highest BCUT2D eigenvalue weighted by Crippen LogP contribution is 2.25. The van der Waals surface area contributed by atoms with Gasteiger partial charge < -0.3 is 20.1 Å². The van der Waals surface area contributed by atoms with Crippen LogP contribution in [0.3, 0.4) is 0 Å². The normalized spacial score (nSPS) is 14.5. The molecule has 1 aliphatic rings. The lowest BCUT2D eigenvalue weighted by molar-refractivity contribution is -0.116. The molecule has 1 amide bonds. The zero-order valence-corrected chi connectivity index (χ0v) is 19.7. The maximum absolute atomic E-state index is 12.2. The Hall–Kier alpha value is -3.51. The number of para-hydroxylation sites is 1. The number of piperidine rings is 1. The van der Waals surface area contributed by atoms with Crippen LogP contribution in [0.15, 0.2) is 78.9 Å². The van der Waals surface area contributed by atoms with E-state index in [1.54, 1.807) is 6.07 Å². The summed E-state index contributed by atoms with van der Waals surface area (Å²) in [5, 5.41) is 12.6. The lowest BCUT2D eigenvalue weighted by atomic mass is 10.0. The SMILES string of the molecule is CN(c1ccc(NC(=O)CCOc2ccccc2)cc1)C1CCN(Cc2cccc(O)c2)CC1. The van der Waals surface area contributed by atoms with Gasteiger partial charge in [-0.05, 0) is 66.9 Å². The minimum absolute atomic E-state index is 0.0591. The molecule has 0 saturated carbocycles. The van der Waals surface area contributed by atoms with E-state index in [1.807, 2.05) is 54.6 Å². The molecule has 1 aliphatic heterocycles. The van der Waals surface area contributed by atoms with Crippen molar-refractivity contribution >= 4 is 17.3 Å². The van der Waals surface area contributed by atoms with Gasteiger partial charge in [-0.25, -0.2) is 0 Å². The average molecular weight is 460 g/mol. The Morgan fingerprint density at radius 3 is 2.47 bits per heavy atom. The fraction of sp³-hybridized carbons (Fsp3) is 0.321. The highest BCUT2D eigenvalue weighted by molar-refractivity contribution is 5.90. The summed E-state index contributed by atoms with van der Waals surface area (Å²) in [6.07, 6.45) is 2.49. The van der Waals surface area contributed by atoms with Crippen LogP contribution in [0.5, 0.6) is 11.5 Å². The summed E-state index contributed by atoms with van der Waals surface area (Å²) in [6.45, 7) is 3.28. The quantitative estimate of drug-likeness (QED) is 0.477. The second kappa shape index (κ2) is 11.6. The van der Waals surface area contributed by atoms with E-state index in [1.165, 1.54) is 0 Å². The Balaban J connectivity index is 1.20. The van der Waals surface area contributed by atoms with Gasteiger partial charge in [0.15, 0.2) is 0 Å². The van der Waals surface area contributed by atoms with E-state index in [0.717, 1.165) is 55.2 Å². The summed E-state index contributed by atoms with van der Waals surface area (Å²) in [7, 11) is 2.14. The van der Waals surface area contributed by atoms with Crippen molar-refractivity contribution in [2.75, 3.05) is 37.0 Å². The van der Waals surface area contributed by atoms with Crippen molar-refractivity contribution in [3.8, 4) is 11.5 Å². The number of likely N-dealkylation sites (tertiary alicyclic amines) is 1. The fourth-order valence-electron chi connectivity index (χ4n) is 4.37. The smallest absolute Gasteiger partial charge is 0.227 e. The van der Waals surface area contributed by atoms with Gasteiger partial charge in [-0.2, -0.15) is 0 Å². The van der Waals surface area contributed by atoms with Gasteiger partial charge in [-0.15, -0.1) is 0 Å². The van der Waals surface area contributed by atoms with E-state index in [-0.39, 0.29) is 5.91 Å². The van der Waals surface area contributed by atoms with E-state index in [2.05, 4.69) is 40.4 Å². The molecule has 34 heavy (non-hydrogen) atoms. The van der Waals surface area contributed by atoms with Crippen molar-refractivity contribution < 1.29 is 14.6 Å². The molecular weight excluding hydrogens is 426 g/mol. The molecule has 6 heteroatoms. The van der Waals surface area contributed by atoms with Crippen LogP contribution in [0, 0.1) is 0 Å². The first-order valence-corrected chi connectivity index (χ1v) is 11.9. The second-order valence-corrected chi connectivity index (χ2v) is 8.79. The number of carbonyl (C=O) groups is 1. The number of rotatable bonds is 9. The molecule has 1 heterocycles. The minimum Gasteiger partial charge on any atom is -0.508 e. The van der Waals surface area contributed by atoms with Gasteiger partial charge in [-0.1, -0.05) is 30.3 Å². The van der Waals surface area contributed by atoms with Crippen LogP contribution in [-0.2, 0) is 11.3 Å². The van der Waals surface area contributed by atoms with Crippen LogP contribution in [0.25, 0.3) is 0 Å². The standard InChI is InChI=1S/C28H33N3O3/c1-30(25-14-17-31(18-15-25)21-22-6-5-7-26(32)20-22)24-12-10-23(11-13-24)29-28(33)16-19-34-27-8-3-2-4-9-27/h2-13,20,25,32H,14-19,21H2,1H3,(H,29,33). The number of carbonyl (C=O) groups excluding carboxylic acids is 1. The predicted octanol–water partition coefficient (Wildman–Crippen LogP) is 4.90. The summed E-state index contributed by atoms with van der Waals surface area (Å²) >= 11 is 0. The molecule has 178 valence electrons. The maximum Gasteiger partial charge on any atom is 0.227 e. The summed E-state index contributed by atoms with van der Waals surface area (Å²) in [6, 6.07) is 25.6. The monoisotopic (exact) mass is 459 g/mol. The molecule has 3 aromatic carbocycles. The molecule has 1 fully saturated rings. The largest absolute Gasteiger partial charge is 0.508 e. The number of nitrogens with one attached hydrogen (secondary N) is 1. The molecule has 3 aromatic rings. The van der Waals surface area contributed by atoms with Crippen LogP contribution >= 0.6 is 0 Å². The van der Waals surface area contributed by atoms with Crippen LogP contribution in [0.1, 0.15) is 24.8 Å². The number of hydrogen-bond donors (Lipinski definition) is 2. The van der Waals surface area contributed by atoms with Gasteiger partial charge in [0.05, 0.1) is 13.0 Å². The number of nitrogens with zero attached hydrogens (tertiary/aromatic N) is 2. The number of phenols is 1. The van der Waals surface area contributed by atoms with E-state index in [9.17, 15) is 9.90 Å². The summed E-state index contributed by atoms with van der Waals surface area (Å²) in [4.78, 5) is 17.0. The van der Waals surface area contributed by atoms with E-state index in [4.69, 9.17) is 4.74 Å². The number of amides is 1. The molecule has 0 atom stereocenters. The number of phenolic OH excluding ortho intramolecular Hbond substituents is 1. The lowest BCUT2D eigenvalue weighted by Gasteiger charge is -2.38. The lowest BCUT2D eigenvalue weighted by Crippen LogP contribution is -2.43. The second-order valence-electron chi connectivity index (χ2n) is 8.79. The summed E-state index contributed by atoms with van der Waals surface area (Å²) < 4.78 is 5.60. The van der Waals surface area contributed by atoms with Gasteiger partial charge in [0.2, 0.25) is 5.91 Å². The van der Waals surface area contributed by atoms with Crippen LogP contribution in [0.2, 0.25) is 0 Å². The van der Waals surface area contributed by atoms with Crippen molar-refractivity contribution in [2.24, 2.45) is 0 Å². The molecule has 0 unspecified atom stereocenters. The molecule has 2 N–H and O–H groups in total. The fourth-order valence-corrected chi connectivity index (χ4v) is 4.37. The number of hydrogen-bond acceptors (Lipinski definition) is 5. The van der Waals surface area contributed by atoms with Gasteiger partial charge in [0.1, 0.15) is 11.5 Å². The Labute approximate surface area is 201 Å². The van der Waals surface area contributed by atoms with Gasteiger partial charge in [-0.3, -0.25) is 9.69 Å². The third kappa shape index (κ3) is 6.75.